The predicted octanol–water partition coefficient (Wildman–Crippen LogP) is 6.05. The number of hydrogen-bond acceptors (Lipinski definition) is 4. The van der Waals surface area contributed by atoms with Crippen molar-refractivity contribution in [2.45, 2.75) is 70.3 Å². The lowest BCUT2D eigenvalue weighted by Crippen LogP contribution is -2.39. The quantitative estimate of drug-likeness (QED) is 0.544. The average Bonchev–Trinajstić information content (AvgIpc) is 2.70. The summed E-state index contributed by atoms with van der Waals surface area (Å²) in [4.78, 5) is 30.9. The first-order chi connectivity index (χ1) is 14.0. The molecule has 1 aromatic rings. The molecule has 4 nitrogen and oxygen atoms in total. The maximum Gasteiger partial charge on any atom is 0.315 e. The van der Waals surface area contributed by atoms with E-state index in [1.807, 2.05) is 19.1 Å². The highest BCUT2D eigenvalue weighted by Gasteiger charge is 2.44. The number of carbonyl (C=O) groups excluding carboxylic acids is 2. The number of ketones is 1. The number of Topliss-reactive ketones (excluding diaryl/α,β-unsaturated/α-hetero) is 1. The smallest absolute Gasteiger partial charge is 0.315 e. The van der Waals surface area contributed by atoms with Gasteiger partial charge in [-0.15, -0.1) is 0 Å². The van der Waals surface area contributed by atoms with Crippen LogP contribution in [0.25, 0.3) is 0 Å². The lowest BCUT2D eigenvalue weighted by Gasteiger charge is -2.36. The van der Waals surface area contributed by atoms with Crippen LogP contribution in [0.4, 0.5) is 0 Å². The van der Waals surface area contributed by atoms with Gasteiger partial charge in [-0.1, -0.05) is 41.8 Å². The number of esters is 1. The third-order valence-electron chi connectivity index (χ3n) is 6.24. The Hall–Kier alpha value is -1.65. The maximum absolute atomic E-state index is 13.3. The molecule has 0 aromatic heterocycles. The fraction of sp³-hybridized carbons (Fsp3) is 0.522. The van der Waals surface area contributed by atoms with Gasteiger partial charge in [0.15, 0.2) is 5.78 Å². The highest BCUT2D eigenvalue weighted by Crippen LogP contribution is 2.46. The number of hydrogen-bond donors (Lipinski definition) is 0. The van der Waals surface area contributed by atoms with Crippen LogP contribution in [0.15, 0.2) is 34.5 Å². The van der Waals surface area contributed by atoms with E-state index in [0.717, 1.165) is 44.2 Å². The molecule has 29 heavy (non-hydrogen) atoms. The maximum atomic E-state index is 13.3. The highest BCUT2D eigenvalue weighted by molar-refractivity contribution is 6.42. The van der Waals surface area contributed by atoms with Gasteiger partial charge in [0, 0.05) is 29.3 Å². The molecule has 0 saturated heterocycles. The summed E-state index contributed by atoms with van der Waals surface area (Å²) in [5, 5.41) is 0.795. The van der Waals surface area contributed by atoms with E-state index in [-0.39, 0.29) is 17.9 Å². The van der Waals surface area contributed by atoms with Crippen LogP contribution in [0.1, 0.15) is 69.8 Å². The zero-order valence-corrected chi connectivity index (χ0v) is 18.1. The van der Waals surface area contributed by atoms with Crippen molar-refractivity contribution < 1.29 is 14.3 Å². The molecule has 1 aromatic carbocycles. The van der Waals surface area contributed by atoms with Crippen molar-refractivity contribution in [1.29, 1.82) is 0 Å². The van der Waals surface area contributed by atoms with Crippen molar-refractivity contribution in [1.82, 2.24) is 0 Å². The summed E-state index contributed by atoms with van der Waals surface area (Å²) in [5.74, 6) is -1.44. The second-order valence-corrected chi connectivity index (χ2v) is 8.97. The highest BCUT2D eigenvalue weighted by atomic mass is 35.5. The predicted molar refractivity (Wildman–Crippen MR) is 115 cm³/mol. The van der Waals surface area contributed by atoms with Crippen molar-refractivity contribution in [3.63, 3.8) is 0 Å². The molecule has 1 heterocycles. The summed E-state index contributed by atoms with van der Waals surface area (Å²) >= 11 is 12.8. The number of allylic oxidation sites excluding steroid dienone is 2. The Morgan fingerprint density at radius 1 is 1.10 bits per heavy atom. The fourth-order valence-corrected chi connectivity index (χ4v) is 5.25. The minimum Gasteiger partial charge on any atom is -0.462 e. The summed E-state index contributed by atoms with van der Waals surface area (Å²) in [5.41, 5.74) is 2.76. The number of nitrogens with zero attached hydrogens (tertiary/aromatic N) is 1. The first-order valence-electron chi connectivity index (χ1n) is 10.4. The average molecular weight is 434 g/mol. The summed E-state index contributed by atoms with van der Waals surface area (Å²) < 4.78 is 5.91. The molecule has 1 aliphatic heterocycles. The van der Waals surface area contributed by atoms with Gasteiger partial charge in [0.05, 0.1) is 10.0 Å². The van der Waals surface area contributed by atoms with E-state index in [0.29, 0.717) is 33.3 Å². The number of carbonyl (C=O) groups is 2. The largest absolute Gasteiger partial charge is 0.462 e. The fourth-order valence-electron chi connectivity index (χ4n) is 4.83. The van der Waals surface area contributed by atoms with Gasteiger partial charge >= 0.3 is 5.97 Å². The van der Waals surface area contributed by atoms with Crippen LogP contribution in [0.3, 0.4) is 0 Å². The Bertz CT molecular complexity index is 899. The van der Waals surface area contributed by atoms with E-state index in [1.165, 1.54) is 6.42 Å². The molecule has 0 N–H and O–H groups in total. The van der Waals surface area contributed by atoms with Crippen molar-refractivity contribution in [3.8, 4) is 0 Å². The third kappa shape index (κ3) is 4.02. The summed E-state index contributed by atoms with van der Waals surface area (Å²) in [6.45, 7) is 1.85. The van der Waals surface area contributed by atoms with E-state index in [4.69, 9.17) is 27.9 Å². The van der Waals surface area contributed by atoms with Gasteiger partial charge in [0.1, 0.15) is 12.0 Å². The lowest BCUT2D eigenvalue weighted by molar-refractivity contribution is -0.153. The van der Waals surface area contributed by atoms with E-state index >= 15 is 0 Å². The molecule has 1 fully saturated rings. The molecule has 0 spiro atoms. The Balaban J connectivity index is 1.77. The van der Waals surface area contributed by atoms with Crippen LogP contribution in [0.2, 0.25) is 10.0 Å². The lowest BCUT2D eigenvalue weighted by atomic mass is 9.71. The molecule has 2 atom stereocenters. The minimum absolute atomic E-state index is 0.0407. The Morgan fingerprint density at radius 3 is 2.62 bits per heavy atom. The van der Waals surface area contributed by atoms with Crippen molar-refractivity contribution in [3.05, 3.63) is 45.1 Å². The van der Waals surface area contributed by atoms with Gasteiger partial charge in [0.2, 0.25) is 0 Å². The van der Waals surface area contributed by atoms with Crippen LogP contribution in [0.5, 0.6) is 0 Å². The van der Waals surface area contributed by atoms with E-state index in [2.05, 4.69) is 4.99 Å². The molecular weight excluding hydrogens is 409 g/mol. The van der Waals surface area contributed by atoms with Gasteiger partial charge in [-0.3, -0.25) is 14.6 Å². The summed E-state index contributed by atoms with van der Waals surface area (Å²) in [6.07, 6.45) is 7.04. The van der Waals surface area contributed by atoms with Crippen LogP contribution >= 0.6 is 23.2 Å². The molecule has 2 aliphatic carbocycles. The van der Waals surface area contributed by atoms with Crippen LogP contribution in [0, 0.1) is 5.92 Å². The molecular formula is C23H25Cl2NO3. The molecule has 1 unspecified atom stereocenters. The van der Waals surface area contributed by atoms with Gasteiger partial charge in [-0.05, 0) is 57.1 Å². The van der Waals surface area contributed by atoms with Gasteiger partial charge < -0.3 is 4.74 Å². The van der Waals surface area contributed by atoms with E-state index in [9.17, 15) is 9.59 Å². The second kappa shape index (κ2) is 8.61. The molecule has 1 saturated carbocycles. The second-order valence-electron chi connectivity index (χ2n) is 8.19. The van der Waals surface area contributed by atoms with Crippen molar-refractivity contribution in [2.24, 2.45) is 10.9 Å². The minimum atomic E-state index is -0.659. The Labute approximate surface area is 181 Å². The zero-order chi connectivity index (χ0) is 20.5. The number of halogens is 2. The standard InChI is InChI=1S/C23H25Cl2NO3/c1-13-19(23(28)29-14-7-3-2-4-8-14)20(15-9-5-10-16(24)22(15)25)21-17(26-13)11-6-12-18(21)27/h5,9-10,14,19-20H,2-4,6-8,11-12H2,1H3/t19?,20-/m1/s1. The summed E-state index contributed by atoms with van der Waals surface area (Å²) in [7, 11) is 0. The Kier molecular flexibility index (Phi) is 6.12. The molecule has 3 aliphatic rings. The molecule has 0 radical (unpaired) electrons. The van der Waals surface area contributed by atoms with Crippen LogP contribution in [-0.4, -0.2) is 23.6 Å². The molecule has 4 rings (SSSR count). The monoisotopic (exact) mass is 433 g/mol. The number of ether oxygens (including phenoxy) is 1. The van der Waals surface area contributed by atoms with Gasteiger partial charge in [0.25, 0.3) is 0 Å². The van der Waals surface area contributed by atoms with E-state index < -0.39 is 11.8 Å². The molecule has 154 valence electrons. The number of aliphatic imine (C=N–C) groups is 1. The first-order valence-corrected chi connectivity index (χ1v) is 11.2. The van der Waals surface area contributed by atoms with E-state index in [1.54, 1.807) is 6.07 Å². The third-order valence-corrected chi connectivity index (χ3v) is 7.07. The van der Waals surface area contributed by atoms with Crippen LogP contribution < -0.4 is 0 Å². The SMILES string of the molecule is CC1=NC2=C(C(=O)CCC2)[C@H](c2cccc(Cl)c2Cl)C1C(=O)OC1CCCCC1. The Morgan fingerprint density at radius 2 is 1.86 bits per heavy atom. The molecule has 0 amide bonds. The van der Waals surface area contributed by atoms with Gasteiger partial charge in [-0.2, -0.15) is 0 Å². The first kappa shape index (κ1) is 20.6. The summed E-state index contributed by atoms with van der Waals surface area (Å²) in [6, 6.07) is 5.37. The molecule has 0 bridgehead atoms. The zero-order valence-electron chi connectivity index (χ0n) is 16.5. The normalized spacial score (nSPS) is 25.5. The van der Waals surface area contributed by atoms with Crippen LogP contribution in [-0.2, 0) is 14.3 Å². The van der Waals surface area contributed by atoms with Crippen molar-refractivity contribution >= 4 is 40.7 Å². The molecule has 6 heteroatoms. The number of rotatable bonds is 3. The number of benzene rings is 1. The topological polar surface area (TPSA) is 55.7 Å². The van der Waals surface area contributed by atoms with Crippen molar-refractivity contribution in [2.75, 3.05) is 0 Å². The van der Waals surface area contributed by atoms with Gasteiger partial charge in [-0.25, -0.2) is 0 Å².